The van der Waals surface area contributed by atoms with Crippen LogP contribution in [0.2, 0.25) is 0 Å². The van der Waals surface area contributed by atoms with E-state index in [0.717, 1.165) is 17.0 Å². The minimum absolute atomic E-state index is 0.0523. The number of aromatic nitrogens is 4. The summed E-state index contributed by atoms with van der Waals surface area (Å²) in [6.45, 7) is 0. The number of nitrogens with zero attached hydrogens (tertiary/aromatic N) is 4. The fourth-order valence-electron chi connectivity index (χ4n) is 2.61. The third kappa shape index (κ3) is 2.88. The highest BCUT2D eigenvalue weighted by Gasteiger charge is 2.13. The molecule has 0 atom stereocenters. The maximum Gasteiger partial charge on any atom is 0.238 e. The first-order chi connectivity index (χ1) is 12.0. The van der Waals surface area contributed by atoms with Crippen LogP contribution >= 0.6 is 0 Å². The second kappa shape index (κ2) is 5.76. The summed E-state index contributed by atoms with van der Waals surface area (Å²) in [5, 5.41) is 9.82. The Morgan fingerprint density at radius 1 is 0.920 bits per heavy atom. The fraction of sp³-hybridized carbons (Fsp3) is 0. The van der Waals surface area contributed by atoms with Crippen molar-refractivity contribution in [2.45, 2.75) is 4.90 Å². The van der Waals surface area contributed by atoms with Gasteiger partial charge in [-0.05, 0) is 30.3 Å². The molecule has 0 bridgehead atoms. The summed E-state index contributed by atoms with van der Waals surface area (Å²) in [6.07, 6.45) is 5.05. The number of sulfonamides is 1. The summed E-state index contributed by atoms with van der Waals surface area (Å²) >= 11 is 0. The number of fused-ring (bicyclic) bond motifs is 1. The highest BCUT2D eigenvalue weighted by atomic mass is 32.2. The molecule has 0 unspecified atom stereocenters. The Balaban J connectivity index is 1.90. The standard InChI is InChI=1S/C17H13N5O2S/c18-25(23,24)14-3-1-2-13(10-14)16-6-9-20-17-11-15(21-22(16)17)12-4-7-19-8-5-12/h1-11H,(H2,18,23,24). The van der Waals surface area contributed by atoms with Gasteiger partial charge in [-0.25, -0.2) is 23.1 Å². The predicted molar refractivity (Wildman–Crippen MR) is 93.0 cm³/mol. The normalized spacial score (nSPS) is 11.7. The van der Waals surface area contributed by atoms with Crippen LogP contribution in [0.15, 0.2) is 72.0 Å². The van der Waals surface area contributed by atoms with Crippen molar-refractivity contribution in [2.75, 3.05) is 0 Å². The zero-order valence-electron chi connectivity index (χ0n) is 12.9. The third-order valence-corrected chi connectivity index (χ3v) is 4.70. The Hall–Kier alpha value is -3.10. The molecule has 0 aliphatic carbocycles. The van der Waals surface area contributed by atoms with E-state index in [1.54, 1.807) is 41.3 Å². The van der Waals surface area contributed by atoms with Gasteiger partial charge in [-0.1, -0.05) is 12.1 Å². The summed E-state index contributed by atoms with van der Waals surface area (Å²) in [5.74, 6) is 0. The third-order valence-electron chi connectivity index (χ3n) is 3.79. The fourth-order valence-corrected chi connectivity index (χ4v) is 3.17. The average Bonchev–Trinajstić information content (AvgIpc) is 3.06. The number of primary sulfonamides is 1. The zero-order valence-corrected chi connectivity index (χ0v) is 13.8. The van der Waals surface area contributed by atoms with E-state index in [0.29, 0.717) is 11.2 Å². The number of benzene rings is 1. The lowest BCUT2D eigenvalue weighted by atomic mass is 10.1. The molecule has 1 aromatic carbocycles. The Morgan fingerprint density at radius 2 is 1.72 bits per heavy atom. The van der Waals surface area contributed by atoms with Crippen LogP contribution in [0, 0.1) is 0 Å². The molecule has 4 aromatic rings. The van der Waals surface area contributed by atoms with Gasteiger partial charge in [-0.2, -0.15) is 5.10 Å². The van der Waals surface area contributed by atoms with Crippen LogP contribution in [0.4, 0.5) is 0 Å². The Kier molecular flexibility index (Phi) is 3.56. The van der Waals surface area contributed by atoms with Gasteiger partial charge in [-0.15, -0.1) is 0 Å². The topological polar surface area (TPSA) is 103 Å². The number of pyridine rings is 1. The molecule has 124 valence electrons. The Labute approximate surface area is 143 Å². The first-order valence-corrected chi connectivity index (χ1v) is 8.95. The Morgan fingerprint density at radius 3 is 2.48 bits per heavy atom. The smallest absolute Gasteiger partial charge is 0.238 e. The van der Waals surface area contributed by atoms with E-state index >= 15 is 0 Å². The molecule has 7 nitrogen and oxygen atoms in total. The number of nitrogens with two attached hydrogens (primary N) is 1. The van der Waals surface area contributed by atoms with Crippen LogP contribution in [0.1, 0.15) is 0 Å². The van der Waals surface area contributed by atoms with E-state index in [1.165, 1.54) is 12.1 Å². The van der Waals surface area contributed by atoms with Crippen LogP contribution in [0.5, 0.6) is 0 Å². The molecule has 3 heterocycles. The number of rotatable bonds is 3. The van der Waals surface area contributed by atoms with Gasteiger partial charge < -0.3 is 0 Å². The molecule has 0 amide bonds. The van der Waals surface area contributed by atoms with Crippen LogP contribution in [-0.2, 0) is 10.0 Å². The monoisotopic (exact) mass is 351 g/mol. The van der Waals surface area contributed by atoms with E-state index in [4.69, 9.17) is 5.14 Å². The molecule has 3 aromatic heterocycles. The largest absolute Gasteiger partial charge is 0.265 e. The maximum absolute atomic E-state index is 11.6. The van der Waals surface area contributed by atoms with E-state index < -0.39 is 10.0 Å². The SMILES string of the molecule is NS(=O)(=O)c1cccc(-c2ccnc3cc(-c4ccncc4)nn23)c1. The molecule has 0 aliphatic heterocycles. The molecule has 8 heteroatoms. The molecular weight excluding hydrogens is 338 g/mol. The van der Waals surface area contributed by atoms with Crippen LogP contribution in [0.3, 0.4) is 0 Å². The summed E-state index contributed by atoms with van der Waals surface area (Å²) in [4.78, 5) is 8.38. The highest BCUT2D eigenvalue weighted by molar-refractivity contribution is 7.89. The van der Waals surface area contributed by atoms with Crippen molar-refractivity contribution in [3.8, 4) is 22.5 Å². The molecule has 4 rings (SSSR count). The van der Waals surface area contributed by atoms with Crippen molar-refractivity contribution < 1.29 is 8.42 Å². The maximum atomic E-state index is 11.6. The average molecular weight is 351 g/mol. The van der Waals surface area contributed by atoms with Gasteiger partial charge >= 0.3 is 0 Å². The molecule has 0 spiro atoms. The lowest BCUT2D eigenvalue weighted by molar-refractivity contribution is 0.598. The van der Waals surface area contributed by atoms with Gasteiger partial charge in [0.05, 0.1) is 16.3 Å². The van der Waals surface area contributed by atoms with Crippen molar-refractivity contribution in [3.05, 3.63) is 67.1 Å². The molecular formula is C17H13N5O2S. The zero-order chi connectivity index (χ0) is 17.4. The summed E-state index contributed by atoms with van der Waals surface area (Å²) < 4.78 is 24.9. The van der Waals surface area contributed by atoms with E-state index in [1.807, 2.05) is 18.2 Å². The summed E-state index contributed by atoms with van der Waals surface area (Å²) in [6, 6.07) is 13.8. The summed E-state index contributed by atoms with van der Waals surface area (Å²) in [5.41, 5.74) is 3.74. The van der Waals surface area contributed by atoms with Crippen molar-refractivity contribution in [2.24, 2.45) is 5.14 Å². The molecule has 0 saturated heterocycles. The molecule has 25 heavy (non-hydrogen) atoms. The van der Waals surface area contributed by atoms with Gasteiger partial charge in [0.15, 0.2) is 5.65 Å². The van der Waals surface area contributed by atoms with Gasteiger partial charge in [0, 0.05) is 35.8 Å². The van der Waals surface area contributed by atoms with Crippen LogP contribution in [-0.4, -0.2) is 28.0 Å². The van der Waals surface area contributed by atoms with Gasteiger partial charge in [-0.3, -0.25) is 4.98 Å². The van der Waals surface area contributed by atoms with E-state index in [-0.39, 0.29) is 4.90 Å². The van der Waals surface area contributed by atoms with E-state index in [9.17, 15) is 8.42 Å². The van der Waals surface area contributed by atoms with Gasteiger partial charge in [0.25, 0.3) is 0 Å². The van der Waals surface area contributed by atoms with E-state index in [2.05, 4.69) is 15.1 Å². The van der Waals surface area contributed by atoms with Crippen molar-refractivity contribution in [1.82, 2.24) is 19.6 Å². The second-order valence-corrected chi connectivity index (χ2v) is 7.00. The van der Waals surface area contributed by atoms with Crippen LogP contribution < -0.4 is 5.14 Å². The number of hydrogen-bond acceptors (Lipinski definition) is 5. The minimum atomic E-state index is -3.78. The van der Waals surface area contributed by atoms with Crippen LogP contribution in [0.25, 0.3) is 28.2 Å². The molecule has 0 saturated carbocycles. The van der Waals surface area contributed by atoms with Crippen molar-refractivity contribution in [3.63, 3.8) is 0 Å². The molecule has 0 fully saturated rings. The summed E-state index contributed by atoms with van der Waals surface area (Å²) in [7, 11) is -3.78. The highest BCUT2D eigenvalue weighted by Crippen LogP contribution is 2.25. The van der Waals surface area contributed by atoms with Crippen molar-refractivity contribution in [1.29, 1.82) is 0 Å². The first kappa shape index (κ1) is 15.4. The Bertz CT molecular complexity index is 1170. The lowest BCUT2D eigenvalue weighted by Gasteiger charge is -2.06. The molecule has 2 N–H and O–H groups in total. The lowest BCUT2D eigenvalue weighted by Crippen LogP contribution is -2.12. The quantitative estimate of drug-likeness (QED) is 0.609. The molecule has 0 aliphatic rings. The first-order valence-electron chi connectivity index (χ1n) is 7.41. The van der Waals surface area contributed by atoms with Crippen molar-refractivity contribution >= 4 is 15.7 Å². The van der Waals surface area contributed by atoms with Gasteiger partial charge in [0.2, 0.25) is 10.0 Å². The minimum Gasteiger partial charge on any atom is -0.265 e. The number of hydrogen-bond donors (Lipinski definition) is 1. The van der Waals surface area contributed by atoms with Gasteiger partial charge in [0.1, 0.15) is 0 Å². The second-order valence-electron chi connectivity index (χ2n) is 5.44. The predicted octanol–water partition coefficient (Wildman–Crippen LogP) is 2.11. The molecule has 0 radical (unpaired) electrons.